The Morgan fingerprint density at radius 1 is 1.09 bits per heavy atom. The monoisotopic (exact) mass is 455 g/mol. The summed E-state index contributed by atoms with van der Waals surface area (Å²) < 4.78 is 0. The van der Waals surface area contributed by atoms with Crippen LogP contribution in [-0.4, -0.2) is 36.7 Å². The summed E-state index contributed by atoms with van der Waals surface area (Å²) in [6, 6.07) is 11.0. The number of hydrogen-bond acceptors (Lipinski definition) is 5. The molecule has 1 fully saturated rings. The molecule has 6 nitrogen and oxygen atoms in total. The third kappa shape index (κ3) is 6.92. The van der Waals surface area contributed by atoms with Gasteiger partial charge in [-0.15, -0.1) is 11.3 Å². The Bertz CT molecular complexity index is 934. The normalized spacial score (nSPS) is 14.2. The molecule has 1 unspecified atom stereocenters. The van der Waals surface area contributed by atoms with Crippen molar-refractivity contribution in [1.29, 1.82) is 0 Å². The number of nitrogens with zero attached hydrogens (tertiary/aromatic N) is 1. The first kappa shape index (κ1) is 24.0. The maximum absolute atomic E-state index is 12.9. The first-order valence-electron chi connectivity index (χ1n) is 11.5. The summed E-state index contributed by atoms with van der Waals surface area (Å²) in [5.74, 6) is -0.522. The summed E-state index contributed by atoms with van der Waals surface area (Å²) in [7, 11) is 0. The quantitative estimate of drug-likeness (QED) is 0.471. The van der Waals surface area contributed by atoms with Crippen LogP contribution in [0.4, 0.5) is 11.4 Å². The van der Waals surface area contributed by atoms with E-state index in [9.17, 15) is 14.4 Å². The van der Waals surface area contributed by atoms with Gasteiger partial charge in [-0.1, -0.05) is 25.8 Å². The summed E-state index contributed by atoms with van der Waals surface area (Å²) in [6.45, 7) is 6.08. The van der Waals surface area contributed by atoms with E-state index in [2.05, 4.69) is 28.5 Å². The molecule has 3 rings (SSSR count). The first-order valence-corrected chi connectivity index (χ1v) is 12.3. The molecule has 1 saturated heterocycles. The topological polar surface area (TPSA) is 78.5 Å². The Morgan fingerprint density at radius 2 is 1.88 bits per heavy atom. The molecule has 2 aromatic rings. The number of Topliss-reactive ketones (excluding diaryl/α,β-unsaturated/α-hetero) is 1. The van der Waals surface area contributed by atoms with Crippen molar-refractivity contribution in [2.24, 2.45) is 0 Å². The molecule has 1 aromatic carbocycles. The fraction of sp³-hybridized carbons (Fsp3) is 0.480. The number of nitrogens with one attached hydrogen (secondary N) is 2. The van der Waals surface area contributed by atoms with E-state index >= 15 is 0 Å². The van der Waals surface area contributed by atoms with Gasteiger partial charge in [0.05, 0.1) is 4.88 Å². The van der Waals surface area contributed by atoms with Crippen LogP contribution in [0.1, 0.15) is 66.4 Å². The van der Waals surface area contributed by atoms with Crippen molar-refractivity contribution in [2.45, 2.75) is 64.8 Å². The van der Waals surface area contributed by atoms with Crippen LogP contribution in [0.25, 0.3) is 0 Å². The van der Waals surface area contributed by atoms with Crippen LogP contribution >= 0.6 is 11.3 Å². The van der Waals surface area contributed by atoms with Crippen molar-refractivity contribution in [3.8, 4) is 0 Å². The highest BCUT2D eigenvalue weighted by Gasteiger charge is 2.22. The highest BCUT2D eigenvalue weighted by Crippen LogP contribution is 2.23. The number of anilines is 2. The Hall–Kier alpha value is -2.67. The van der Waals surface area contributed by atoms with Gasteiger partial charge in [-0.2, -0.15) is 0 Å². The number of unbranched alkanes of at least 4 members (excludes halogenated alkanes) is 1. The number of carbonyl (C=O) groups excluding carboxylic acids is 3. The number of benzene rings is 1. The molecule has 32 heavy (non-hydrogen) atoms. The molecular formula is C25H33N3O3S. The van der Waals surface area contributed by atoms with Gasteiger partial charge < -0.3 is 15.5 Å². The van der Waals surface area contributed by atoms with Gasteiger partial charge in [0, 0.05) is 42.2 Å². The van der Waals surface area contributed by atoms with Crippen molar-refractivity contribution >= 4 is 40.3 Å². The molecule has 172 valence electrons. The van der Waals surface area contributed by atoms with E-state index in [4.69, 9.17) is 0 Å². The molecular weight excluding hydrogens is 422 g/mol. The average Bonchev–Trinajstić information content (AvgIpc) is 3.47. The Kier molecular flexibility index (Phi) is 8.85. The number of amides is 2. The van der Waals surface area contributed by atoms with Crippen molar-refractivity contribution in [2.75, 3.05) is 23.3 Å². The van der Waals surface area contributed by atoms with E-state index in [0.717, 1.165) is 42.2 Å². The molecule has 0 saturated carbocycles. The van der Waals surface area contributed by atoms with Gasteiger partial charge in [0.25, 0.3) is 0 Å². The molecule has 2 heterocycles. The average molecular weight is 456 g/mol. The zero-order valence-corrected chi connectivity index (χ0v) is 19.8. The molecule has 0 radical (unpaired) electrons. The second kappa shape index (κ2) is 11.8. The van der Waals surface area contributed by atoms with E-state index in [0.29, 0.717) is 11.3 Å². The van der Waals surface area contributed by atoms with Crippen LogP contribution in [0.2, 0.25) is 0 Å². The van der Waals surface area contributed by atoms with Crippen LogP contribution < -0.4 is 15.5 Å². The SMILES string of the molecule is CCCCC(NC(=O)CCC(=O)c1ccc(C)s1)C(=O)Nc1cccc(N2CCCC2)c1. The Morgan fingerprint density at radius 3 is 2.56 bits per heavy atom. The van der Waals surface area contributed by atoms with Crippen LogP contribution in [0, 0.1) is 6.92 Å². The fourth-order valence-corrected chi connectivity index (χ4v) is 4.70. The molecule has 1 atom stereocenters. The minimum absolute atomic E-state index is 0.0356. The van der Waals surface area contributed by atoms with Crippen molar-refractivity contribution < 1.29 is 14.4 Å². The Labute approximate surface area is 194 Å². The summed E-state index contributed by atoms with van der Waals surface area (Å²) in [4.78, 5) is 41.8. The molecule has 2 amide bonds. The third-order valence-corrected chi connectivity index (χ3v) is 6.72. The number of carbonyl (C=O) groups is 3. The molecule has 1 aromatic heterocycles. The van der Waals surface area contributed by atoms with Gasteiger partial charge in [0.2, 0.25) is 11.8 Å². The van der Waals surface area contributed by atoms with Crippen LogP contribution in [0.15, 0.2) is 36.4 Å². The molecule has 0 spiro atoms. The highest BCUT2D eigenvalue weighted by atomic mass is 32.1. The van der Waals surface area contributed by atoms with Crippen molar-refractivity contribution in [1.82, 2.24) is 5.32 Å². The lowest BCUT2D eigenvalue weighted by molar-refractivity contribution is -0.126. The molecule has 2 N–H and O–H groups in total. The summed E-state index contributed by atoms with van der Waals surface area (Å²) in [5, 5.41) is 5.81. The van der Waals surface area contributed by atoms with Gasteiger partial charge in [-0.05, 0) is 56.5 Å². The summed E-state index contributed by atoms with van der Waals surface area (Å²) >= 11 is 1.44. The second-order valence-electron chi connectivity index (χ2n) is 8.33. The largest absolute Gasteiger partial charge is 0.371 e. The van der Waals surface area contributed by atoms with E-state index in [-0.39, 0.29) is 30.4 Å². The zero-order valence-electron chi connectivity index (χ0n) is 19.0. The van der Waals surface area contributed by atoms with Gasteiger partial charge in [0.1, 0.15) is 6.04 Å². The molecule has 1 aliphatic rings. The molecule has 0 aliphatic carbocycles. The number of aryl methyl sites for hydroxylation is 1. The maximum atomic E-state index is 12.9. The lowest BCUT2D eigenvalue weighted by atomic mass is 10.1. The van der Waals surface area contributed by atoms with E-state index in [1.54, 1.807) is 6.07 Å². The molecule has 1 aliphatic heterocycles. The number of ketones is 1. The number of rotatable bonds is 11. The summed E-state index contributed by atoms with van der Waals surface area (Å²) in [5.41, 5.74) is 1.84. The summed E-state index contributed by atoms with van der Waals surface area (Å²) in [6.07, 6.45) is 4.94. The number of hydrogen-bond donors (Lipinski definition) is 2. The van der Waals surface area contributed by atoms with Crippen molar-refractivity contribution in [3.05, 3.63) is 46.2 Å². The van der Waals surface area contributed by atoms with Crippen LogP contribution in [0.5, 0.6) is 0 Å². The smallest absolute Gasteiger partial charge is 0.246 e. The van der Waals surface area contributed by atoms with E-state index < -0.39 is 6.04 Å². The lowest BCUT2D eigenvalue weighted by Gasteiger charge is -2.20. The van der Waals surface area contributed by atoms with Gasteiger partial charge >= 0.3 is 0 Å². The van der Waals surface area contributed by atoms with Gasteiger partial charge in [-0.3, -0.25) is 14.4 Å². The van der Waals surface area contributed by atoms with E-state index in [1.807, 2.05) is 31.2 Å². The Balaban J connectivity index is 1.56. The fourth-order valence-electron chi connectivity index (χ4n) is 3.86. The highest BCUT2D eigenvalue weighted by molar-refractivity contribution is 7.14. The van der Waals surface area contributed by atoms with Crippen molar-refractivity contribution in [3.63, 3.8) is 0 Å². The maximum Gasteiger partial charge on any atom is 0.246 e. The third-order valence-electron chi connectivity index (χ3n) is 5.68. The molecule has 7 heteroatoms. The van der Waals surface area contributed by atoms with Gasteiger partial charge in [-0.25, -0.2) is 0 Å². The van der Waals surface area contributed by atoms with Gasteiger partial charge in [0.15, 0.2) is 5.78 Å². The van der Waals surface area contributed by atoms with E-state index in [1.165, 1.54) is 24.2 Å². The number of thiophene rings is 1. The first-order chi connectivity index (χ1) is 15.5. The zero-order chi connectivity index (χ0) is 22.9. The predicted octanol–water partition coefficient (Wildman–Crippen LogP) is 4.93. The van der Waals surface area contributed by atoms with Crippen LogP contribution in [0.3, 0.4) is 0 Å². The minimum Gasteiger partial charge on any atom is -0.371 e. The minimum atomic E-state index is -0.614. The predicted molar refractivity (Wildman–Crippen MR) is 131 cm³/mol. The standard InChI is InChI=1S/C25H33N3O3S/c1-3-4-10-21(27-24(30)14-12-22(29)23-13-11-18(2)32-23)25(31)26-19-8-7-9-20(17-19)28-15-5-6-16-28/h7-9,11,13,17,21H,3-6,10,12,14-16H2,1-2H3,(H,26,31)(H,27,30). The molecule has 0 bridgehead atoms. The van der Waals surface area contributed by atoms with Crippen LogP contribution in [-0.2, 0) is 9.59 Å². The lowest BCUT2D eigenvalue weighted by Crippen LogP contribution is -2.43. The second-order valence-corrected chi connectivity index (χ2v) is 9.62.